The zero-order valence-electron chi connectivity index (χ0n) is 21.6. The van der Waals surface area contributed by atoms with Gasteiger partial charge in [0, 0.05) is 5.56 Å². The standard InChI is InChI=1S/C28H32ClFN4O3/c1-27(2,3)37-26(35)33-15-19-13-20(5-7-23(19)34-17-31-32-25(34)16-33)28(29)11-9-18(10-12-28)22-14-21(30)6-8-24(22)36-4/h5-8,13-14,17-18H,9-12,15-16H2,1-4H3. The SMILES string of the molecule is COc1ccc(F)cc1C1CCC(Cl)(c2ccc3c(c2)CN(C(=O)OC(C)(C)C)Cc2nncn2-3)CC1. The number of nitrogens with zero attached hydrogens (tertiary/aromatic N) is 4. The largest absolute Gasteiger partial charge is 0.496 e. The third-order valence-corrected chi connectivity index (χ3v) is 7.83. The van der Waals surface area contributed by atoms with Gasteiger partial charge in [0.15, 0.2) is 5.82 Å². The molecule has 196 valence electrons. The number of halogens is 2. The molecule has 0 saturated heterocycles. The maximum absolute atomic E-state index is 14.0. The van der Waals surface area contributed by atoms with Crippen LogP contribution in [0.2, 0.25) is 0 Å². The molecule has 1 aromatic heterocycles. The zero-order chi connectivity index (χ0) is 26.4. The molecule has 9 heteroatoms. The van der Waals surface area contributed by atoms with Gasteiger partial charge in [-0.2, -0.15) is 0 Å². The van der Waals surface area contributed by atoms with E-state index in [0.717, 1.165) is 48.1 Å². The van der Waals surface area contributed by atoms with Crippen LogP contribution >= 0.6 is 11.6 Å². The van der Waals surface area contributed by atoms with Crippen molar-refractivity contribution in [2.75, 3.05) is 7.11 Å². The summed E-state index contributed by atoms with van der Waals surface area (Å²) in [4.78, 5) is 14.1. The summed E-state index contributed by atoms with van der Waals surface area (Å²) in [5.41, 5.74) is 3.18. The van der Waals surface area contributed by atoms with Crippen molar-refractivity contribution >= 4 is 17.7 Å². The van der Waals surface area contributed by atoms with Gasteiger partial charge in [-0.3, -0.25) is 9.47 Å². The molecule has 5 rings (SSSR count). The molecule has 37 heavy (non-hydrogen) atoms. The maximum Gasteiger partial charge on any atom is 0.411 e. The first-order valence-corrected chi connectivity index (χ1v) is 13.0. The van der Waals surface area contributed by atoms with E-state index in [0.29, 0.717) is 24.7 Å². The second-order valence-corrected chi connectivity index (χ2v) is 11.6. The van der Waals surface area contributed by atoms with Crippen molar-refractivity contribution < 1.29 is 18.7 Å². The van der Waals surface area contributed by atoms with E-state index in [1.165, 1.54) is 6.07 Å². The Morgan fingerprint density at radius 1 is 1.14 bits per heavy atom. The van der Waals surface area contributed by atoms with Crippen LogP contribution in [-0.4, -0.2) is 38.5 Å². The highest BCUT2D eigenvalue weighted by atomic mass is 35.5. The van der Waals surface area contributed by atoms with Gasteiger partial charge in [-0.1, -0.05) is 12.1 Å². The number of carbonyl (C=O) groups excluding carboxylic acids is 1. The fourth-order valence-electron chi connectivity index (χ4n) is 5.38. The monoisotopic (exact) mass is 526 g/mol. The number of benzene rings is 2. The molecular formula is C28H32ClFN4O3. The van der Waals surface area contributed by atoms with E-state index in [9.17, 15) is 9.18 Å². The number of alkyl halides is 1. The summed E-state index contributed by atoms with van der Waals surface area (Å²) in [5.74, 6) is 1.31. The van der Waals surface area contributed by atoms with E-state index in [1.54, 1.807) is 30.5 Å². The first-order chi connectivity index (χ1) is 17.6. The van der Waals surface area contributed by atoms with E-state index >= 15 is 0 Å². The molecule has 1 aliphatic carbocycles. The van der Waals surface area contributed by atoms with Crippen LogP contribution in [0.5, 0.6) is 5.75 Å². The Morgan fingerprint density at radius 3 is 2.59 bits per heavy atom. The number of carbonyl (C=O) groups is 1. The molecule has 1 aliphatic heterocycles. The van der Waals surface area contributed by atoms with Crippen molar-refractivity contribution in [1.29, 1.82) is 0 Å². The quantitative estimate of drug-likeness (QED) is 0.366. The van der Waals surface area contributed by atoms with Gasteiger partial charge in [0.25, 0.3) is 0 Å². The van der Waals surface area contributed by atoms with Crippen LogP contribution in [-0.2, 0) is 22.7 Å². The number of fused-ring (bicyclic) bond motifs is 3. The lowest BCUT2D eigenvalue weighted by Gasteiger charge is -2.37. The van der Waals surface area contributed by atoms with Crippen molar-refractivity contribution in [2.24, 2.45) is 0 Å². The van der Waals surface area contributed by atoms with Crippen LogP contribution in [0.1, 0.15) is 74.9 Å². The van der Waals surface area contributed by atoms with Crippen LogP contribution in [0.25, 0.3) is 5.69 Å². The highest BCUT2D eigenvalue weighted by Crippen LogP contribution is 2.49. The number of aromatic nitrogens is 3. The molecular weight excluding hydrogens is 495 g/mol. The van der Waals surface area contributed by atoms with Gasteiger partial charge in [0.1, 0.15) is 23.5 Å². The molecule has 1 amide bonds. The van der Waals surface area contributed by atoms with Gasteiger partial charge in [-0.15, -0.1) is 21.8 Å². The summed E-state index contributed by atoms with van der Waals surface area (Å²) >= 11 is 7.26. The number of hydrogen-bond acceptors (Lipinski definition) is 5. The topological polar surface area (TPSA) is 69.5 Å². The summed E-state index contributed by atoms with van der Waals surface area (Å²) in [6, 6.07) is 10.9. The third kappa shape index (κ3) is 5.17. The Balaban J connectivity index is 1.41. The molecule has 0 atom stereocenters. The average molecular weight is 527 g/mol. The lowest BCUT2D eigenvalue weighted by molar-refractivity contribution is 0.0214. The molecule has 0 radical (unpaired) electrons. The van der Waals surface area contributed by atoms with Crippen molar-refractivity contribution in [3.05, 3.63) is 71.1 Å². The third-order valence-electron chi connectivity index (χ3n) is 7.23. The second kappa shape index (κ2) is 9.63. The Morgan fingerprint density at radius 2 is 1.89 bits per heavy atom. The first kappa shape index (κ1) is 25.5. The fraction of sp³-hybridized carbons (Fsp3) is 0.464. The molecule has 0 bridgehead atoms. The minimum atomic E-state index is -0.606. The summed E-state index contributed by atoms with van der Waals surface area (Å²) < 4.78 is 27.0. The molecule has 0 spiro atoms. The Kier molecular flexibility index (Phi) is 6.64. The molecule has 0 unspecified atom stereocenters. The van der Waals surface area contributed by atoms with Gasteiger partial charge in [-0.05, 0) is 87.8 Å². The fourth-order valence-corrected chi connectivity index (χ4v) is 5.72. The summed E-state index contributed by atoms with van der Waals surface area (Å²) in [6.07, 6.45) is 4.39. The Labute approximate surface area is 221 Å². The molecule has 1 saturated carbocycles. The normalized spacial score (nSPS) is 21.6. The van der Waals surface area contributed by atoms with E-state index < -0.39 is 16.6 Å². The summed E-state index contributed by atoms with van der Waals surface area (Å²) in [6.45, 7) is 6.22. The van der Waals surface area contributed by atoms with Crippen molar-refractivity contribution in [3.8, 4) is 11.4 Å². The van der Waals surface area contributed by atoms with Gasteiger partial charge >= 0.3 is 6.09 Å². The van der Waals surface area contributed by atoms with E-state index in [-0.39, 0.29) is 11.7 Å². The van der Waals surface area contributed by atoms with Crippen molar-refractivity contribution in [2.45, 2.75) is 75.9 Å². The molecule has 2 aromatic carbocycles. The zero-order valence-corrected chi connectivity index (χ0v) is 22.4. The van der Waals surface area contributed by atoms with Crippen LogP contribution in [0.4, 0.5) is 9.18 Å². The van der Waals surface area contributed by atoms with E-state index in [1.807, 2.05) is 31.4 Å². The molecule has 1 fully saturated rings. The lowest BCUT2D eigenvalue weighted by atomic mass is 9.75. The van der Waals surface area contributed by atoms with Crippen LogP contribution in [0.3, 0.4) is 0 Å². The van der Waals surface area contributed by atoms with E-state index in [2.05, 4.69) is 22.3 Å². The highest BCUT2D eigenvalue weighted by Gasteiger charge is 2.37. The van der Waals surface area contributed by atoms with E-state index in [4.69, 9.17) is 21.1 Å². The Bertz CT molecular complexity index is 1310. The minimum absolute atomic E-state index is 0.181. The molecule has 2 aliphatic rings. The molecule has 3 aromatic rings. The Hall–Kier alpha value is -3.13. The van der Waals surface area contributed by atoms with Gasteiger partial charge in [-0.25, -0.2) is 9.18 Å². The predicted molar refractivity (Wildman–Crippen MR) is 139 cm³/mol. The maximum atomic E-state index is 14.0. The number of hydrogen-bond donors (Lipinski definition) is 0. The smallest absolute Gasteiger partial charge is 0.411 e. The lowest BCUT2D eigenvalue weighted by Crippen LogP contribution is -2.36. The predicted octanol–water partition coefficient (Wildman–Crippen LogP) is 6.46. The number of ether oxygens (including phenoxy) is 2. The number of amides is 1. The van der Waals surface area contributed by atoms with Crippen molar-refractivity contribution in [1.82, 2.24) is 19.7 Å². The summed E-state index contributed by atoms with van der Waals surface area (Å²) in [5, 5.41) is 8.30. The van der Waals surface area contributed by atoms with Crippen LogP contribution in [0.15, 0.2) is 42.7 Å². The van der Waals surface area contributed by atoms with Crippen LogP contribution in [0, 0.1) is 5.82 Å². The number of rotatable bonds is 3. The summed E-state index contributed by atoms with van der Waals surface area (Å²) in [7, 11) is 1.61. The first-order valence-electron chi connectivity index (χ1n) is 12.6. The van der Waals surface area contributed by atoms with Gasteiger partial charge < -0.3 is 9.47 Å². The van der Waals surface area contributed by atoms with Gasteiger partial charge in [0.2, 0.25) is 0 Å². The average Bonchev–Trinajstić information content (AvgIpc) is 3.24. The van der Waals surface area contributed by atoms with Crippen LogP contribution < -0.4 is 4.74 Å². The molecule has 2 heterocycles. The van der Waals surface area contributed by atoms with Crippen molar-refractivity contribution in [3.63, 3.8) is 0 Å². The molecule has 7 nitrogen and oxygen atoms in total. The molecule has 0 N–H and O–H groups in total. The minimum Gasteiger partial charge on any atom is -0.496 e. The van der Waals surface area contributed by atoms with Gasteiger partial charge in [0.05, 0.1) is 30.8 Å². The number of methoxy groups -OCH3 is 1. The second-order valence-electron chi connectivity index (χ2n) is 10.9. The highest BCUT2D eigenvalue weighted by molar-refractivity contribution is 6.24.